The van der Waals surface area contributed by atoms with Gasteiger partial charge in [-0.15, -0.1) is 0 Å². The van der Waals surface area contributed by atoms with Gasteiger partial charge in [-0.2, -0.15) is 0 Å². The van der Waals surface area contributed by atoms with Crippen LogP contribution in [0.1, 0.15) is 245 Å². The molecule has 6 atom stereocenters. The fraction of sp³-hybridized carbons (Fsp3) is 0.887. The van der Waals surface area contributed by atoms with Gasteiger partial charge in [0.25, 0.3) is 0 Å². The highest BCUT2D eigenvalue weighted by Crippen LogP contribution is 2.23. The molecule has 0 bridgehead atoms. The highest BCUT2D eigenvalue weighted by molar-refractivity contribution is 5.70. The van der Waals surface area contributed by atoms with Crippen molar-refractivity contribution < 1.29 is 49.0 Å². The Hall–Kier alpha value is -1.82. The van der Waals surface area contributed by atoms with Crippen LogP contribution >= 0.6 is 0 Å². The second kappa shape index (κ2) is 44.0. The Balaban J connectivity index is 2.23. The molecule has 0 saturated carbocycles. The maximum absolute atomic E-state index is 12.8. The lowest BCUT2D eigenvalue weighted by molar-refractivity contribution is -0.305. The van der Waals surface area contributed by atoms with E-state index in [2.05, 4.69) is 38.2 Å². The van der Waals surface area contributed by atoms with Crippen LogP contribution in [-0.2, 0) is 28.5 Å². The van der Waals surface area contributed by atoms with E-state index in [-0.39, 0.29) is 32.0 Å². The van der Waals surface area contributed by atoms with Crippen molar-refractivity contribution in [3.63, 3.8) is 0 Å². The summed E-state index contributed by atoms with van der Waals surface area (Å²) < 4.78 is 22.2. The van der Waals surface area contributed by atoms with Gasteiger partial charge in [-0.25, -0.2) is 0 Å². The third kappa shape index (κ3) is 35.1. The number of carbonyl (C=O) groups excluding carboxylic acids is 2. The van der Waals surface area contributed by atoms with Gasteiger partial charge in [0.2, 0.25) is 0 Å². The predicted octanol–water partition coefficient (Wildman–Crippen LogP) is 12.5. The third-order valence-electron chi connectivity index (χ3n) is 12.4. The van der Waals surface area contributed by atoms with Crippen LogP contribution in [0.3, 0.4) is 0 Å². The number of ether oxygens (including phenoxy) is 4. The van der Waals surface area contributed by atoms with Gasteiger partial charge in [-0.05, 0) is 38.5 Å². The Labute approximate surface area is 385 Å². The lowest BCUT2D eigenvalue weighted by Gasteiger charge is -2.39. The molecule has 1 aliphatic rings. The van der Waals surface area contributed by atoms with Crippen LogP contribution in [0.4, 0.5) is 0 Å². The number of aliphatic hydroxyl groups excluding tert-OH is 4. The summed E-state index contributed by atoms with van der Waals surface area (Å²) in [5, 5.41) is 40.2. The van der Waals surface area contributed by atoms with Crippen molar-refractivity contribution in [3.05, 3.63) is 24.3 Å². The summed E-state index contributed by atoms with van der Waals surface area (Å²) in [7, 11) is 0. The van der Waals surface area contributed by atoms with Crippen LogP contribution in [0, 0.1) is 0 Å². The molecule has 1 saturated heterocycles. The largest absolute Gasteiger partial charge is 0.462 e. The molecule has 0 aliphatic carbocycles. The summed E-state index contributed by atoms with van der Waals surface area (Å²) in [6.45, 7) is 3.43. The Bertz CT molecular complexity index is 1080. The highest BCUT2D eigenvalue weighted by Gasteiger charge is 2.44. The molecule has 1 aliphatic heterocycles. The molecule has 0 amide bonds. The van der Waals surface area contributed by atoms with Crippen LogP contribution in [0.15, 0.2) is 24.3 Å². The first-order valence-electron chi connectivity index (χ1n) is 26.4. The number of carbonyl (C=O) groups is 2. The van der Waals surface area contributed by atoms with E-state index in [1.807, 2.05) is 0 Å². The normalized spacial score (nSPS) is 19.6. The lowest BCUT2D eigenvalue weighted by Crippen LogP contribution is -2.59. The molecule has 10 nitrogen and oxygen atoms in total. The number of unbranched alkanes of at least 4 members (excludes halogenated alkanes) is 31. The maximum Gasteiger partial charge on any atom is 0.306 e. The van der Waals surface area contributed by atoms with Gasteiger partial charge in [0.05, 0.1) is 13.2 Å². The Morgan fingerprint density at radius 1 is 0.492 bits per heavy atom. The number of hydrogen-bond acceptors (Lipinski definition) is 10. The molecular weight excluding hydrogens is 797 g/mol. The number of allylic oxidation sites excluding steroid dienone is 4. The molecule has 63 heavy (non-hydrogen) atoms. The SMILES string of the molecule is CCCCCC/C=C/C=C/CCCCCCCC(=O)OC[C@H](CO[C@@H]1O[C@H](CO)[C@H](O)C(O)C1O)OC(=O)CCCCCCCCCCCCCCCCCCCCCCCCC. The number of aliphatic hydroxyl groups is 4. The molecular formula is C53H98O10. The van der Waals surface area contributed by atoms with Crippen molar-refractivity contribution in [1.29, 1.82) is 0 Å². The fourth-order valence-corrected chi connectivity index (χ4v) is 8.18. The van der Waals surface area contributed by atoms with Gasteiger partial charge in [-0.1, -0.05) is 218 Å². The Kier molecular flexibility index (Phi) is 41.4. The van der Waals surface area contributed by atoms with Gasteiger partial charge >= 0.3 is 11.9 Å². The van der Waals surface area contributed by atoms with Gasteiger partial charge in [-0.3, -0.25) is 9.59 Å². The average Bonchev–Trinajstić information content (AvgIpc) is 3.28. The Morgan fingerprint density at radius 2 is 0.873 bits per heavy atom. The molecule has 0 aromatic carbocycles. The molecule has 10 heteroatoms. The highest BCUT2D eigenvalue weighted by atomic mass is 16.7. The van der Waals surface area contributed by atoms with Crippen LogP contribution < -0.4 is 0 Å². The minimum absolute atomic E-state index is 0.221. The smallest absolute Gasteiger partial charge is 0.306 e. The van der Waals surface area contributed by atoms with E-state index >= 15 is 0 Å². The van der Waals surface area contributed by atoms with Gasteiger partial charge in [0.15, 0.2) is 12.4 Å². The summed E-state index contributed by atoms with van der Waals surface area (Å²) in [6.07, 6.45) is 43.3. The summed E-state index contributed by atoms with van der Waals surface area (Å²) in [5.41, 5.74) is 0. The molecule has 0 radical (unpaired) electrons. The molecule has 370 valence electrons. The number of hydrogen-bond donors (Lipinski definition) is 4. The topological polar surface area (TPSA) is 152 Å². The van der Waals surface area contributed by atoms with E-state index in [9.17, 15) is 30.0 Å². The zero-order valence-corrected chi connectivity index (χ0v) is 40.6. The monoisotopic (exact) mass is 895 g/mol. The Morgan fingerprint density at radius 3 is 1.30 bits per heavy atom. The zero-order chi connectivity index (χ0) is 45.9. The van der Waals surface area contributed by atoms with Crippen molar-refractivity contribution in [1.82, 2.24) is 0 Å². The molecule has 4 N–H and O–H groups in total. The van der Waals surface area contributed by atoms with Gasteiger partial charge < -0.3 is 39.4 Å². The second-order valence-corrected chi connectivity index (χ2v) is 18.4. The minimum atomic E-state index is -1.60. The molecule has 0 spiro atoms. The van der Waals surface area contributed by atoms with Crippen LogP contribution in [-0.4, -0.2) is 89.0 Å². The van der Waals surface area contributed by atoms with Crippen LogP contribution in [0.5, 0.6) is 0 Å². The first kappa shape index (κ1) is 59.2. The summed E-state index contributed by atoms with van der Waals surface area (Å²) in [6, 6.07) is 0. The third-order valence-corrected chi connectivity index (χ3v) is 12.4. The first-order chi connectivity index (χ1) is 30.8. The van der Waals surface area contributed by atoms with E-state index in [4.69, 9.17) is 18.9 Å². The van der Waals surface area contributed by atoms with E-state index in [0.29, 0.717) is 12.8 Å². The molecule has 2 unspecified atom stereocenters. The first-order valence-corrected chi connectivity index (χ1v) is 26.4. The standard InChI is InChI=1S/C53H98O10/c1-3-5-7-9-11-13-15-17-19-20-21-22-23-24-25-26-28-30-32-34-36-38-40-42-49(56)62-46(45-61-53-52(59)51(58)50(57)47(43-54)63-53)44-60-48(55)41-39-37-35-33-31-29-27-18-16-14-12-10-8-6-4-2/h14,16,18,27,46-47,50-54,57-59H,3-13,15,17,19-26,28-45H2,1-2H3/b16-14+,27-18+/t46-,47-,50+,51?,52?,53-/m1/s1. The summed E-state index contributed by atoms with van der Waals surface area (Å²) in [5.74, 6) is -0.812. The van der Waals surface area contributed by atoms with Crippen LogP contribution in [0.2, 0.25) is 0 Å². The minimum Gasteiger partial charge on any atom is -0.462 e. The van der Waals surface area contributed by atoms with Crippen molar-refractivity contribution in [2.24, 2.45) is 0 Å². The number of esters is 2. The van der Waals surface area contributed by atoms with Crippen molar-refractivity contribution in [2.45, 2.75) is 282 Å². The maximum atomic E-state index is 12.8. The predicted molar refractivity (Wildman–Crippen MR) is 256 cm³/mol. The molecule has 1 fully saturated rings. The van der Waals surface area contributed by atoms with E-state index in [0.717, 1.165) is 57.8 Å². The van der Waals surface area contributed by atoms with Crippen molar-refractivity contribution in [3.8, 4) is 0 Å². The van der Waals surface area contributed by atoms with E-state index in [1.165, 1.54) is 148 Å². The molecule has 0 aromatic rings. The molecule has 0 aromatic heterocycles. The van der Waals surface area contributed by atoms with E-state index in [1.54, 1.807) is 0 Å². The van der Waals surface area contributed by atoms with E-state index < -0.39 is 49.4 Å². The quantitative estimate of drug-likeness (QED) is 0.0264. The molecule has 1 heterocycles. The molecule has 1 rings (SSSR count). The van der Waals surface area contributed by atoms with Gasteiger partial charge in [0.1, 0.15) is 31.0 Å². The zero-order valence-electron chi connectivity index (χ0n) is 40.6. The summed E-state index contributed by atoms with van der Waals surface area (Å²) in [4.78, 5) is 25.4. The average molecular weight is 895 g/mol. The van der Waals surface area contributed by atoms with Gasteiger partial charge in [0, 0.05) is 12.8 Å². The van der Waals surface area contributed by atoms with Crippen molar-refractivity contribution >= 4 is 11.9 Å². The van der Waals surface area contributed by atoms with Crippen LogP contribution in [0.25, 0.3) is 0 Å². The fourth-order valence-electron chi connectivity index (χ4n) is 8.18. The second-order valence-electron chi connectivity index (χ2n) is 18.4. The van der Waals surface area contributed by atoms with Crippen molar-refractivity contribution in [2.75, 3.05) is 19.8 Å². The summed E-state index contributed by atoms with van der Waals surface area (Å²) >= 11 is 0. The lowest BCUT2D eigenvalue weighted by atomic mass is 9.99. The number of rotatable bonds is 45.